The van der Waals surface area contributed by atoms with Gasteiger partial charge in [-0.05, 0) is 51.0 Å². The SMILES string of the molecule is CC(C)(C)OC(=O)N[C@H]1C[C@@H](N2Cc3cn[nH]c3C2)CN(Cc2ccccc2)C1c1cc(F)ccc1F. The molecule has 3 heterocycles. The highest BCUT2D eigenvalue weighted by Crippen LogP contribution is 2.38. The Morgan fingerprint density at radius 3 is 2.68 bits per heavy atom. The van der Waals surface area contributed by atoms with Crippen LogP contribution in [0.2, 0.25) is 0 Å². The molecule has 0 saturated carbocycles. The van der Waals surface area contributed by atoms with E-state index in [0.717, 1.165) is 42.0 Å². The zero-order valence-electron chi connectivity index (χ0n) is 21.4. The molecular weight excluding hydrogens is 476 g/mol. The lowest BCUT2D eigenvalue weighted by atomic mass is 9.86. The summed E-state index contributed by atoms with van der Waals surface area (Å²) < 4.78 is 35.2. The standard InChI is InChI=1S/C28H33F2N5O2/c1-28(2,3)37-27(36)32-24-12-21(34-15-19-13-31-33-25(19)17-34)16-35(14-18-7-5-4-6-8-18)26(24)22-11-20(29)9-10-23(22)30/h4-11,13,21,24,26H,12,14-17H2,1-3H3,(H,31,33)(H,32,36)/t21-,24+,26?/m1/s1. The summed E-state index contributed by atoms with van der Waals surface area (Å²) in [6, 6.07) is 12.4. The summed E-state index contributed by atoms with van der Waals surface area (Å²) in [5.74, 6) is -1.01. The number of carbonyl (C=O) groups excluding carboxylic acids is 1. The van der Waals surface area contributed by atoms with Gasteiger partial charge in [0.2, 0.25) is 0 Å². The highest BCUT2D eigenvalue weighted by atomic mass is 19.1. The Morgan fingerprint density at radius 1 is 1.16 bits per heavy atom. The van der Waals surface area contributed by atoms with Crippen molar-refractivity contribution in [1.29, 1.82) is 0 Å². The van der Waals surface area contributed by atoms with Crippen LogP contribution >= 0.6 is 0 Å². The average molecular weight is 510 g/mol. The second kappa shape index (κ2) is 10.2. The minimum absolute atomic E-state index is 0.0670. The normalized spacial score (nSPS) is 22.6. The first-order chi connectivity index (χ1) is 17.7. The van der Waals surface area contributed by atoms with E-state index in [9.17, 15) is 9.18 Å². The molecule has 2 N–H and O–H groups in total. The maximum absolute atomic E-state index is 15.2. The van der Waals surface area contributed by atoms with Crippen molar-refractivity contribution in [3.05, 3.63) is 88.7 Å². The number of ether oxygens (including phenoxy) is 1. The molecule has 0 aliphatic carbocycles. The third-order valence-electron chi connectivity index (χ3n) is 7.01. The Labute approximate surface area is 215 Å². The van der Waals surface area contributed by atoms with Crippen LogP contribution in [0.15, 0.2) is 54.7 Å². The zero-order chi connectivity index (χ0) is 26.2. The van der Waals surface area contributed by atoms with Crippen molar-refractivity contribution in [3.63, 3.8) is 0 Å². The van der Waals surface area contributed by atoms with Crippen LogP contribution in [0, 0.1) is 11.6 Å². The highest BCUT2D eigenvalue weighted by Gasteiger charge is 2.43. The van der Waals surface area contributed by atoms with E-state index in [1.807, 2.05) is 36.5 Å². The number of benzene rings is 2. The van der Waals surface area contributed by atoms with Crippen molar-refractivity contribution in [2.75, 3.05) is 6.54 Å². The lowest BCUT2D eigenvalue weighted by Crippen LogP contribution is -2.58. The van der Waals surface area contributed by atoms with Crippen molar-refractivity contribution >= 4 is 6.09 Å². The largest absolute Gasteiger partial charge is 0.444 e. The maximum atomic E-state index is 15.2. The monoisotopic (exact) mass is 509 g/mol. The summed E-state index contributed by atoms with van der Waals surface area (Å²) in [5.41, 5.74) is 2.84. The Balaban J connectivity index is 1.50. The predicted molar refractivity (Wildman–Crippen MR) is 135 cm³/mol. The fraction of sp³-hybridized carbons (Fsp3) is 0.429. The number of amides is 1. The number of hydrogen-bond donors (Lipinski definition) is 2. The number of likely N-dealkylation sites (tertiary alicyclic amines) is 1. The van der Waals surface area contributed by atoms with Crippen LogP contribution in [0.3, 0.4) is 0 Å². The second-order valence-electron chi connectivity index (χ2n) is 10.9. The number of hydrogen-bond acceptors (Lipinski definition) is 5. The lowest BCUT2D eigenvalue weighted by molar-refractivity contribution is 0.0133. The molecule has 1 saturated heterocycles. The van der Waals surface area contributed by atoms with Gasteiger partial charge >= 0.3 is 6.09 Å². The maximum Gasteiger partial charge on any atom is 0.407 e. The van der Waals surface area contributed by atoms with Gasteiger partial charge in [-0.25, -0.2) is 13.6 Å². The molecule has 0 spiro atoms. The Kier molecular flexibility index (Phi) is 7.00. The Bertz CT molecular complexity index is 1220. The van der Waals surface area contributed by atoms with E-state index in [1.54, 1.807) is 20.8 Å². The number of H-pyrrole nitrogens is 1. The van der Waals surface area contributed by atoms with E-state index < -0.39 is 35.4 Å². The molecule has 3 atom stereocenters. The number of fused-ring (bicyclic) bond motifs is 1. The second-order valence-corrected chi connectivity index (χ2v) is 10.9. The Morgan fingerprint density at radius 2 is 1.95 bits per heavy atom. The van der Waals surface area contributed by atoms with Gasteiger partial charge in [0, 0.05) is 43.3 Å². The molecule has 0 radical (unpaired) electrons. The predicted octanol–water partition coefficient (Wildman–Crippen LogP) is 4.91. The molecule has 37 heavy (non-hydrogen) atoms. The molecule has 0 bridgehead atoms. The first-order valence-corrected chi connectivity index (χ1v) is 12.6. The molecule has 5 rings (SSSR count). The van der Waals surface area contributed by atoms with Crippen molar-refractivity contribution in [3.8, 4) is 0 Å². The van der Waals surface area contributed by atoms with Gasteiger partial charge in [0.25, 0.3) is 0 Å². The fourth-order valence-electron chi connectivity index (χ4n) is 5.48. The van der Waals surface area contributed by atoms with Crippen LogP contribution in [-0.4, -0.2) is 50.3 Å². The molecule has 196 valence electrons. The van der Waals surface area contributed by atoms with Crippen molar-refractivity contribution in [2.24, 2.45) is 0 Å². The van der Waals surface area contributed by atoms with Crippen LogP contribution in [0.5, 0.6) is 0 Å². The average Bonchev–Trinajstić information content (AvgIpc) is 3.43. The van der Waals surface area contributed by atoms with E-state index in [-0.39, 0.29) is 11.6 Å². The topological polar surface area (TPSA) is 73.5 Å². The van der Waals surface area contributed by atoms with Crippen LogP contribution < -0.4 is 5.32 Å². The van der Waals surface area contributed by atoms with Gasteiger partial charge in [0.15, 0.2) is 0 Å². The minimum Gasteiger partial charge on any atom is -0.444 e. The summed E-state index contributed by atoms with van der Waals surface area (Å²) in [7, 11) is 0. The summed E-state index contributed by atoms with van der Waals surface area (Å²) in [6.45, 7) is 8.01. The quantitative estimate of drug-likeness (QED) is 0.511. The number of rotatable bonds is 5. The molecule has 1 aromatic heterocycles. The third kappa shape index (κ3) is 5.83. The number of alkyl carbamates (subject to hydrolysis) is 1. The van der Waals surface area contributed by atoms with Crippen molar-refractivity contribution < 1.29 is 18.3 Å². The first kappa shape index (κ1) is 25.4. The number of aromatic amines is 1. The minimum atomic E-state index is -0.688. The zero-order valence-corrected chi connectivity index (χ0v) is 21.4. The van der Waals surface area contributed by atoms with Crippen molar-refractivity contribution in [2.45, 2.75) is 70.6 Å². The fourth-order valence-corrected chi connectivity index (χ4v) is 5.48. The number of halogens is 2. The molecular formula is C28H33F2N5O2. The molecule has 1 unspecified atom stereocenters. The van der Waals surface area contributed by atoms with Gasteiger partial charge in [-0.3, -0.25) is 14.9 Å². The van der Waals surface area contributed by atoms with E-state index >= 15 is 4.39 Å². The summed E-state index contributed by atoms with van der Waals surface area (Å²) in [6.07, 6.45) is 1.83. The molecule has 1 amide bonds. The molecule has 1 fully saturated rings. The number of carbonyl (C=O) groups is 1. The van der Waals surface area contributed by atoms with Gasteiger partial charge in [-0.2, -0.15) is 5.10 Å². The number of nitrogens with zero attached hydrogens (tertiary/aromatic N) is 3. The summed E-state index contributed by atoms with van der Waals surface area (Å²) in [5, 5.41) is 10.2. The number of nitrogens with one attached hydrogen (secondary N) is 2. The van der Waals surface area contributed by atoms with Gasteiger partial charge in [-0.15, -0.1) is 0 Å². The molecule has 2 aliphatic rings. The molecule has 9 heteroatoms. The molecule has 2 aliphatic heterocycles. The van der Waals surface area contributed by atoms with E-state index in [2.05, 4.69) is 25.3 Å². The van der Waals surface area contributed by atoms with E-state index in [0.29, 0.717) is 19.5 Å². The number of aromatic nitrogens is 2. The molecule has 7 nitrogen and oxygen atoms in total. The smallest absolute Gasteiger partial charge is 0.407 e. The first-order valence-electron chi connectivity index (χ1n) is 12.6. The molecule has 3 aromatic rings. The highest BCUT2D eigenvalue weighted by molar-refractivity contribution is 5.68. The number of piperidine rings is 1. The van der Waals surface area contributed by atoms with Crippen LogP contribution in [-0.2, 0) is 24.4 Å². The lowest BCUT2D eigenvalue weighted by Gasteiger charge is -2.47. The van der Waals surface area contributed by atoms with Gasteiger partial charge in [0.05, 0.1) is 24.0 Å². The van der Waals surface area contributed by atoms with E-state index in [4.69, 9.17) is 4.74 Å². The van der Waals surface area contributed by atoms with Crippen LogP contribution in [0.4, 0.5) is 13.6 Å². The van der Waals surface area contributed by atoms with Gasteiger partial charge < -0.3 is 10.1 Å². The van der Waals surface area contributed by atoms with Gasteiger partial charge in [0.1, 0.15) is 17.2 Å². The third-order valence-corrected chi connectivity index (χ3v) is 7.01. The Hall–Kier alpha value is -3.30. The summed E-state index contributed by atoms with van der Waals surface area (Å²) in [4.78, 5) is 17.4. The van der Waals surface area contributed by atoms with Crippen LogP contribution in [0.1, 0.15) is 55.6 Å². The van der Waals surface area contributed by atoms with E-state index in [1.165, 1.54) is 6.07 Å². The van der Waals surface area contributed by atoms with Gasteiger partial charge in [-0.1, -0.05) is 30.3 Å². The van der Waals surface area contributed by atoms with Crippen LogP contribution in [0.25, 0.3) is 0 Å². The van der Waals surface area contributed by atoms with Crippen molar-refractivity contribution in [1.82, 2.24) is 25.3 Å². The molecule has 2 aromatic carbocycles. The summed E-state index contributed by atoms with van der Waals surface area (Å²) >= 11 is 0.